The summed E-state index contributed by atoms with van der Waals surface area (Å²) in [5, 5.41) is 12.9. The second kappa shape index (κ2) is 7.20. The zero-order valence-electron chi connectivity index (χ0n) is 15.3. The lowest BCUT2D eigenvalue weighted by Crippen LogP contribution is -2.38. The number of likely N-dealkylation sites (tertiary alicyclic amines) is 1. The monoisotopic (exact) mass is 388 g/mol. The second-order valence-electron chi connectivity index (χ2n) is 7.17. The van der Waals surface area contributed by atoms with Crippen LogP contribution in [0.4, 0.5) is 0 Å². The molecule has 0 saturated carbocycles. The zero-order valence-corrected chi connectivity index (χ0v) is 16.2. The first-order valence-electron chi connectivity index (χ1n) is 9.51. The van der Waals surface area contributed by atoms with E-state index in [9.17, 15) is 4.79 Å². The van der Waals surface area contributed by atoms with Crippen LogP contribution in [-0.2, 0) is 0 Å². The highest BCUT2D eigenvalue weighted by Gasteiger charge is 2.26. The Balaban J connectivity index is 1.31. The summed E-state index contributed by atoms with van der Waals surface area (Å²) >= 11 is 1.71. The molecule has 0 aliphatic carbocycles. The second-order valence-corrected chi connectivity index (χ2v) is 8.09. The Hall–Kier alpha value is -2.99. The van der Waals surface area contributed by atoms with Crippen molar-refractivity contribution in [2.45, 2.75) is 18.8 Å². The van der Waals surface area contributed by atoms with Crippen LogP contribution in [0.2, 0.25) is 0 Å². The zero-order chi connectivity index (χ0) is 18.9. The van der Waals surface area contributed by atoms with Gasteiger partial charge in [-0.1, -0.05) is 36.4 Å². The molecule has 1 N–H and O–H groups in total. The number of aromatic nitrogens is 3. The van der Waals surface area contributed by atoms with Crippen molar-refractivity contribution in [3.05, 3.63) is 70.8 Å². The highest BCUT2D eigenvalue weighted by atomic mass is 32.1. The molecule has 0 atom stereocenters. The summed E-state index contributed by atoms with van der Waals surface area (Å²) in [5.41, 5.74) is 2.36. The van der Waals surface area contributed by atoms with Crippen LogP contribution in [0.15, 0.2) is 60.1 Å². The van der Waals surface area contributed by atoms with Crippen LogP contribution >= 0.6 is 11.3 Å². The fourth-order valence-corrected chi connectivity index (χ4v) is 4.67. The lowest BCUT2D eigenvalue weighted by Gasteiger charge is -2.30. The summed E-state index contributed by atoms with van der Waals surface area (Å²) in [7, 11) is 0. The van der Waals surface area contributed by atoms with Crippen molar-refractivity contribution in [3.63, 3.8) is 0 Å². The van der Waals surface area contributed by atoms with Crippen LogP contribution in [-0.4, -0.2) is 39.1 Å². The maximum atomic E-state index is 12.9. The molecule has 2 aromatic carbocycles. The number of piperidine rings is 1. The Bertz CT molecular complexity index is 1110. The smallest absolute Gasteiger partial charge is 0.271 e. The van der Waals surface area contributed by atoms with Gasteiger partial charge < -0.3 is 4.90 Å². The van der Waals surface area contributed by atoms with Gasteiger partial charge in [-0.2, -0.15) is 5.10 Å². The summed E-state index contributed by atoms with van der Waals surface area (Å²) in [5.74, 6) is 0.496. The molecule has 1 aliphatic rings. The van der Waals surface area contributed by atoms with Crippen LogP contribution in [0.25, 0.3) is 22.0 Å². The average molecular weight is 388 g/mol. The third-order valence-electron chi connectivity index (χ3n) is 5.44. The van der Waals surface area contributed by atoms with Crippen LogP contribution in [0.3, 0.4) is 0 Å². The standard InChI is InChI=1S/C22H20N4OS/c27-22(26-10-7-16(8-11-26)21-23-9-12-28-21)20-14-19(24-25-20)18-6-5-15-3-1-2-4-17(15)13-18/h1-6,9,12-14,16H,7-8,10-11H2,(H,24,25). The fraction of sp³-hybridized carbons (Fsp3) is 0.227. The highest BCUT2D eigenvalue weighted by Crippen LogP contribution is 2.30. The molecule has 1 amide bonds. The molecule has 1 aliphatic heterocycles. The number of thiazole rings is 1. The van der Waals surface area contributed by atoms with Gasteiger partial charge >= 0.3 is 0 Å². The Labute approximate surface area is 167 Å². The summed E-state index contributed by atoms with van der Waals surface area (Å²) in [6.45, 7) is 1.51. The van der Waals surface area contributed by atoms with Crippen molar-refractivity contribution >= 4 is 28.0 Å². The van der Waals surface area contributed by atoms with Gasteiger partial charge in [0.15, 0.2) is 0 Å². The molecule has 1 fully saturated rings. The summed E-state index contributed by atoms with van der Waals surface area (Å²) in [6.07, 6.45) is 3.78. The number of aromatic amines is 1. The van der Waals surface area contributed by atoms with Crippen LogP contribution < -0.4 is 0 Å². The topological polar surface area (TPSA) is 61.9 Å². The number of nitrogens with zero attached hydrogens (tertiary/aromatic N) is 3. The largest absolute Gasteiger partial charge is 0.337 e. The van der Waals surface area contributed by atoms with Crippen molar-refractivity contribution in [1.82, 2.24) is 20.1 Å². The molecule has 0 spiro atoms. The Morgan fingerprint density at radius 1 is 1.07 bits per heavy atom. The molecule has 0 radical (unpaired) electrons. The van der Waals surface area contributed by atoms with Gasteiger partial charge in [0.1, 0.15) is 5.69 Å². The molecule has 0 unspecified atom stereocenters. The molecule has 140 valence electrons. The lowest BCUT2D eigenvalue weighted by atomic mass is 9.97. The summed E-state index contributed by atoms with van der Waals surface area (Å²) < 4.78 is 0. The van der Waals surface area contributed by atoms with E-state index in [4.69, 9.17) is 0 Å². The predicted octanol–water partition coefficient (Wildman–Crippen LogP) is 4.71. The number of hydrogen-bond donors (Lipinski definition) is 1. The minimum atomic E-state index is 0.0251. The van der Waals surface area contributed by atoms with E-state index in [0.717, 1.165) is 37.2 Å². The number of amides is 1. The Morgan fingerprint density at radius 2 is 1.89 bits per heavy atom. The molecule has 5 rings (SSSR count). The molecule has 4 aromatic rings. The molecule has 28 heavy (non-hydrogen) atoms. The molecule has 1 saturated heterocycles. The number of hydrogen-bond acceptors (Lipinski definition) is 4. The summed E-state index contributed by atoms with van der Waals surface area (Å²) in [4.78, 5) is 19.2. The molecule has 5 nitrogen and oxygen atoms in total. The van der Waals surface area contributed by atoms with Gasteiger partial charge in [0.2, 0.25) is 0 Å². The van der Waals surface area contributed by atoms with Gasteiger partial charge in [-0.25, -0.2) is 4.98 Å². The Morgan fingerprint density at radius 3 is 2.68 bits per heavy atom. The minimum Gasteiger partial charge on any atom is -0.337 e. The molecule has 0 bridgehead atoms. The van der Waals surface area contributed by atoms with Gasteiger partial charge in [-0.15, -0.1) is 11.3 Å². The van der Waals surface area contributed by atoms with E-state index in [1.54, 1.807) is 11.3 Å². The van der Waals surface area contributed by atoms with E-state index in [2.05, 4.69) is 39.4 Å². The van der Waals surface area contributed by atoms with Crippen LogP contribution in [0.1, 0.15) is 34.3 Å². The number of benzene rings is 2. The maximum Gasteiger partial charge on any atom is 0.271 e. The number of nitrogens with one attached hydrogen (secondary N) is 1. The number of rotatable bonds is 3. The predicted molar refractivity (Wildman–Crippen MR) is 112 cm³/mol. The number of H-pyrrole nitrogens is 1. The average Bonchev–Trinajstić information content (AvgIpc) is 3.45. The van der Waals surface area contributed by atoms with Crippen LogP contribution in [0, 0.1) is 0 Å². The molecular formula is C22H20N4OS. The van der Waals surface area contributed by atoms with Crippen molar-refractivity contribution < 1.29 is 4.79 Å². The van der Waals surface area contributed by atoms with E-state index >= 15 is 0 Å². The van der Waals surface area contributed by atoms with Gasteiger partial charge in [0, 0.05) is 36.1 Å². The molecule has 6 heteroatoms. The van der Waals surface area contributed by atoms with Crippen molar-refractivity contribution in [1.29, 1.82) is 0 Å². The lowest BCUT2D eigenvalue weighted by molar-refractivity contribution is 0.0707. The van der Waals surface area contributed by atoms with Gasteiger partial charge in [-0.05, 0) is 35.7 Å². The van der Waals surface area contributed by atoms with E-state index in [1.807, 2.05) is 40.7 Å². The van der Waals surface area contributed by atoms with Crippen LogP contribution in [0.5, 0.6) is 0 Å². The Kier molecular flexibility index (Phi) is 4.41. The molecule has 2 aromatic heterocycles. The SMILES string of the molecule is O=C(c1cc(-c2ccc3ccccc3c2)n[nH]1)N1CCC(c2nccs2)CC1. The first-order valence-corrected chi connectivity index (χ1v) is 10.4. The third-order valence-corrected chi connectivity index (χ3v) is 6.37. The van der Waals surface area contributed by atoms with Gasteiger partial charge in [0.05, 0.1) is 10.7 Å². The van der Waals surface area contributed by atoms with E-state index in [1.165, 1.54) is 15.8 Å². The first kappa shape index (κ1) is 17.1. The van der Waals surface area contributed by atoms with Gasteiger partial charge in [-0.3, -0.25) is 9.89 Å². The first-order chi connectivity index (χ1) is 13.8. The van der Waals surface area contributed by atoms with E-state index in [-0.39, 0.29) is 5.91 Å². The third kappa shape index (κ3) is 3.20. The van der Waals surface area contributed by atoms with Crippen molar-refractivity contribution in [2.24, 2.45) is 0 Å². The quantitative estimate of drug-likeness (QED) is 0.553. The number of fused-ring (bicyclic) bond motifs is 1. The van der Waals surface area contributed by atoms with Gasteiger partial charge in [0.25, 0.3) is 5.91 Å². The number of carbonyl (C=O) groups is 1. The van der Waals surface area contributed by atoms with E-state index in [0.29, 0.717) is 11.6 Å². The van der Waals surface area contributed by atoms with E-state index < -0.39 is 0 Å². The fourth-order valence-electron chi connectivity index (χ4n) is 3.86. The maximum absolute atomic E-state index is 12.9. The van der Waals surface area contributed by atoms with Crippen molar-refractivity contribution in [3.8, 4) is 11.3 Å². The highest BCUT2D eigenvalue weighted by molar-refractivity contribution is 7.09. The van der Waals surface area contributed by atoms with Crippen molar-refractivity contribution in [2.75, 3.05) is 13.1 Å². The summed E-state index contributed by atoms with van der Waals surface area (Å²) in [6, 6.07) is 16.3. The normalized spacial score (nSPS) is 15.2. The number of carbonyl (C=O) groups excluding carboxylic acids is 1. The molecular weight excluding hydrogens is 368 g/mol. The minimum absolute atomic E-state index is 0.0251. The molecule has 3 heterocycles.